The van der Waals surface area contributed by atoms with Gasteiger partial charge in [0.05, 0.1) is 22.0 Å². The molecule has 1 amide bonds. The Kier molecular flexibility index (Phi) is 5.95. The van der Waals surface area contributed by atoms with Gasteiger partial charge in [-0.25, -0.2) is 4.99 Å². The monoisotopic (exact) mass is 546 g/mol. The molecule has 3 N–H and O–H groups in total. The van der Waals surface area contributed by atoms with Crippen molar-refractivity contribution < 1.29 is 22.7 Å². The molecule has 1 unspecified atom stereocenters. The smallest absolute Gasteiger partial charge is 0.404 e. The number of likely N-dealkylation sites (N-methyl/N-ethyl adjacent to an activating group) is 1. The van der Waals surface area contributed by atoms with Gasteiger partial charge in [0.1, 0.15) is 0 Å². The molecule has 0 aromatic heterocycles. The first kappa shape index (κ1) is 24.9. The van der Waals surface area contributed by atoms with Crippen LogP contribution in [0.1, 0.15) is 34.3 Å². The second-order valence-corrected chi connectivity index (χ2v) is 10.4. The number of hydrogen-bond donors (Lipinski definition) is 3. The lowest BCUT2D eigenvalue weighted by atomic mass is 9.99. The molecule has 200 valence electrons. The van der Waals surface area contributed by atoms with Crippen LogP contribution in [0.25, 0.3) is 5.70 Å². The molecule has 1 spiro atoms. The molecule has 1 atom stereocenters. The summed E-state index contributed by atoms with van der Waals surface area (Å²) in [5, 5.41) is 9.55. The van der Waals surface area contributed by atoms with Gasteiger partial charge >= 0.3 is 6.36 Å². The minimum Gasteiger partial charge on any atom is -0.404 e. The largest absolute Gasteiger partial charge is 0.573 e. The Bertz CT molecular complexity index is 1350. The van der Waals surface area contributed by atoms with Crippen molar-refractivity contribution in [1.82, 2.24) is 15.5 Å². The number of amides is 1. The summed E-state index contributed by atoms with van der Waals surface area (Å²) in [6.07, 6.45) is -2.41. The number of nitrogens with one attached hydrogen (secondary N) is 3. The van der Waals surface area contributed by atoms with Gasteiger partial charge in [-0.15, -0.1) is 13.2 Å². The van der Waals surface area contributed by atoms with Crippen LogP contribution in [0.3, 0.4) is 0 Å². The molecule has 0 radical (unpaired) electrons. The quantitative estimate of drug-likeness (QED) is 0.525. The maximum Gasteiger partial charge on any atom is 0.573 e. The van der Waals surface area contributed by atoms with Crippen LogP contribution in [0, 0.1) is 0 Å². The lowest BCUT2D eigenvalue weighted by Crippen LogP contribution is -2.44. The van der Waals surface area contributed by atoms with Crippen molar-refractivity contribution in [2.75, 3.05) is 43.4 Å². The number of anilines is 2. The van der Waals surface area contributed by atoms with Crippen LogP contribution >= 0.6 is 11.6 Å². The highest BCUT2D eigenvalue weighted by Crippen LogP contribution is 2.50. The van der Waals surface area contributed by atoms with Gasteiger partial charge in [0, 0.05) is 49.2 Å². The first-order valence-electron chi connectivity index (χ1n) is 12.4. The molecular formula is C26H26ClF3N6O2. The molecule has 1 saturated carbocycles. The van der Waals surface area contributed by atoms with Crippen LogP contribution in [0.4, 0.5) is 24.5 Å². The van der Waals surface area contributed by atoms with Crippen molar-refractivity contribution in [3.63, 3.8) is 0 Å². The number of allylic oxidation sites excluding steroid dienone is 1. The molecule has 38 heavy (non-hydrogen) atoms. The molecule has 0 bridgehead atoms. The summed E-state index contributed by atoms with van der Waals surface area (Å²) >= 11 is 6.45. The number of hydrogen-bond acceptors (Lipinski definition) is 7. The van der Waals surface area contributed by atoms with Gasteiger partial charge < -0.3 is 30.5 Å². The van der Waals surface area contributed by atoms with Crippen LogP contribution in [-0.4, -0.2) is 62.9 Å². The Hall–Kier alpha value is -3.44. The molecule has 8 nitrogen and oxygen atoms in total. The Balaban J connectivity index is 1.25. The number of nitrogens with zero attached hydrogens (tertiary/aromatic N) is 3. The zero-order chi connectivity index (χ0) is 26.7. The van der Waals surface area contributed by atoms with Gasteiger partial charge in [-0.05, 0) is 49.7 Å². The van der Waals surface area contributed by atoms with Gasteiger partial charge in [0.25, 0.3) is 5.91 Å². The van der Waals surface area contributed by atoms with E-state index in [1.54, 1.807) is 18.2 Å². The third-order valence-corrected chi connectivity index (χ3v) is 7.66. The number of alkyl halides is 3. The summed E-state index contributed by atoms with van der Waals surface area (Å²) in [7, 11) is 2.03. The summed E-state index contributed by atoms with van der Waals surface area (Å²) in [4.78, 5) is 21.2. The molecule has 3 heterocycles. The number of fused-ring (bicyclic) bond motifs is 2. The minimum absolute atomic E-state index is 0.120. The van der Waals surface area contributed by atoms with E-state index in [9.17, 15) is 18.0 Å². The van der Waals surface area contributed by atoms with E-state index in [2.05, 4.69) is 35.5 Å². The second kappa shape index (κ2) is 9.09. The number of aliphatic imine (C=N–C) groups is 1. The molecular weight excluding hydrogens is 521 g/mol. The predicted octanol–water partition coefficient (Wildman–Crippen LogP) is 4.05. The standard InChI is InChI=1S/C26H26ClF3N6O2/c1-35-8-10-36(11-9-35)16-3-5-21(38-26(28,29)30)20(13-16)32-24-31-14-19(27)22(33-24)15-2-4-18-17(12-15)23(37)34-25(18)6-7-25/h2-5,12-14,24,32-33H,6-11H2,1H3,(H,34,37). The van der Waals surface area contributed by atoms with Crippen LogP contribution in [-0.2, 0) is 5.54 Å². The highest BCUT2D eigenvalue weighted by Gasteiger charge is 2.52. The number of ether oxygens (including phenoxy) is 1. The van der Waals surface area contributed by atoms with E-state index in [0.717, 1.165) is 50.3 Å². The molecule has 3 aliphatic heterocycles. The highest BCUT2D eigenvalue weighted by atomic mass is 35.5. The van der Waals surface area contributed by atoms with E-state index in [4.69, 9.17) is 11.6 Å². The van der Waals surface area contributed by atoms with E-state index < -0.39 is 12.7 Å². The SMILES string of the molecule is CN1CCN(c2ccc(OC(F)(F)F)c(NC3N=CC(Cl)=C(c4ccc5c(c4)C(=O)NC54CC4)N3)c2)CC1. The van der Waals surface area contributed by atoms with Gasteiger partial charge in [-0.2, -0.15) is 0 Å². The van der Waals surface area contributed by atoms with Crippen LogP contribution < -0.4 is 25.6 Å². The fraction of sp³-hybridized carbons (Fsp3) is 0.385. The van der Waals surface area contributed by atoms with E-state index in [1.165, 1.54) is 12.3 Å². The van der Waals surface area contributed by atoms with Crippen LogP contribution in [0.5, 0.6) is 5.75 Å². The normalized spacial score (nSPS) is 22.3. The van der Waals surface area contributed by atoms with Crippen molar-refractivity contribution in [3.05, 3.63) is 58.1 Å². The van der Waals surface area contributed by atoms with Crippen molar-refractivity contribution in [3.8, 4) is 5.75 Å². The lowest BCUT2D eigenvalue weighted by Gasteiger charge is -2.34. The van der Waals surface area contributed by atoms with Gasteiger partial charge in [0.2, 0.25) is 0 Å². The topological polar surface area (TPSA) is 81.2 Å². The van der Waals surface area contributed by atoms with E-state index in [-0.39, 0.29) is 22.9 Å². The molecule has 12 heteroatoms. The molecule has 1 aliphatic carbocycles. The third-order valence-electron chi connectivity index (χ3n) is 7.38. The maximum atomic E-state index is 13.2. The Labute approximate surface area is 222 Å². The Morgan fingerprint density at radius 1 is 1.13 bits per heavy atom. The predicted molar refractivity (Wildman–Crippen MR) is 139 cm³/mol. The van der Waals surface area contributed by atoms with Crippen molar-refractivity contribution in [2.45, 2.75) is 31.0 Å². The number of halogens is 4. The van der Waals surface area contributed by atoms with Crippen LogP contribution in [0.15, 0.2) is 46.4 Å². The summed E-state index contributed by atoms with van der Waals surface area (Å²) in [5.74, 6) is -0.483. The van der Waals surface area contributed by atoms with Crippen molar-refractivity contribution >= 4 is 40.8 Å². The molecule has 4 aliphatic rings. The number of benzene rings is 2. The molecule has 1 saturated heterocycles. The summed E-state index contributed by atoms with van der Waals surface area (Å²) in [6.45, 7) is 3.21. The molecule has 2 aromatic carbocycles. The van der Waals surface area contributed by atoms with E-state index >= 15 is 0 Å². The summed E-state index contributed by atoms with van der Waals surface area (Å²) in [6, 6.07) is 10.2. The average molecular weight is 547 g/mol. The summed E-state index contributed by atoms with van der Waals surface area (Å²) in [5.41, 5.74) is 3.45. The van der Waals surface area contributed by atoms with Gasteiger partial charge in [-0.3, -0.25) is 4.79 Å². The summed E-state index contributed by atoms with van der Waals surface area (Å²) < 4.78 is 43.8. The minimum atomic E-state index is -4.85. The number of carbonyl (C=O) groups is 1. The molecule has 2 aromatic rings. The number of carbonyl (C=O) groups excluding carboxylic acids is 1. The fourth-order valence-electron chi connectivity index (χ4n) is 5.17. The van der Waals surface area contributed by atoms with Gasteiger partial charge in [0.15, 0.2) is 12.0 Å². The van der Waals surface area contributed by atoms with Crippen LogP contribution in [0.2, 0.25) is 0 Å². The Morgan fingerprint density at radius 2 is 1.89 bits per heavy atom. The zero-order valence-corrected chi connectivity index (χ0v) is 21.3. The highest BCUT2D eigenvalue weighted by molar-refractivity contribution is 6.42. The third kappa shape index (κ3) is 4.76. The number of rotatable bonds is 5. The molecule has 6 rings (SSSR count). The van der Waals surface area contributed by atoms with E-state index in [0.29, 0.717) is 21.9 Å². The second-order valence-electron chi connectivity index (χ2n) is 10.0. The van der Waals surface area contributed by atoms with E-state index in [1.807, 2.05) is 19.2 Å². The number of piperazine rings is 1. The fourth-order valence-corrected chi connectivity index (χ4v) is 5.39. The van der Waals surface area contributed by atoms with Crippen molar-refractivity contribution in [2.24, 2.45) is 4.99 Å². The Morgan fingerprint density at radius 3 is 2.61 bits per heavy atom. The van der Waals surface area contributed by atoms with Crippen molar-refractivity contribution in [1.29, 1.82) is 0 Å². The van der Waals surface area contributed by atoms with Gasteiger partial charge in [-0.1, -0.05) is 23.7 Å². The average Bonchev–Trinajstić information content (AvgIpc) is 3.60. The maximum absolute atomic E-state index is 13.2. The zero-order valence-electron chi connectivity index (χ0n) is 20.5. The molecule has 2 fully saturated rings. The first-order chi connectivity index (χ1) is 18.1. The lowest BCUT2D eigenvalue weighted by molar-refractivity contribution is -0.274. The first-order valence-corrected chi connectivity index (χ1v) is 12.7.